The van der Waals surface area contributed by atoms with Crippen molar-refractivity contribution in [1.82, 2.24) is 0 Å². The smallest absolute Gasteiger partial charge is 0.337 e. The quantitative estimate of drug-likeness (QED) is 0.395. The SMILES string of the molecule is CO/C(O)=C/C(=O)OCC(C)C. The Bertz CT molecular complexity index is 172. The lowest BCUT2D eigenvalue weighted by Gasteiger charge is -2.04. The van der Waals surface area contributed by atoms with Crippen LogP contribution in [0, 0.1) is 5.92 Å². The number of aliphatic hydroxyl groups excluding tert-OH is 1. The van der Waals surface area contributed by atoms with E-state index in [1.165, 1.54) is 7.11 Å². The van der Waals surface area contributed by atoms with Crippen molar-refractivity contribution in [2.24, 2.45) is 5.92 Å². The monoisotopic (exact) mass is 174 g/mol. The average molecular weight is 174 g/mol. The van der Waals surface area contributed by atoms with Crippen molar-refractivity contribution < 1.29 is 19.4 Å². The lowest BCUT2D eigenvalue weighted by atomic mass is 10.2. The summed E-state index contributed by atoms with van der Waals surface area (Å²) in [4.78, 5) is 10.8. The zero-order chi connectivity index (χ0) is 9.56. The van der Waals surface area contributed by atoms with E-state index in [1.54, 1.807) is 0 Å². The lowest BCUT2D eigenvalue weighted by Crippen LogP contribution is -2.08. The van der Waals surface area contributed by atoms with E-state index in [1.807, 2.05) is 13.8 Å². The topological polar surface area (TPSA) is 55.8 Å². The van der Waals surface area contributed by atoms with E-state index in [2.05, 4.69) is 4.74 Å². The van der Waals surface area contributed by atoms with Gasteiger partial charge >= 0.3 is 5.97 Å². The van der Waals surface area contributed by atoms with Crippen LogP contribution in [0.5, 0.6) is 0 Å². The zero-order valence-corrected chi connectivity index (χ0v) is 7.53. The summed E-state index contributed by atoms with van der Waals surface area (Å²) in [6.45, 7) is 4.19. The van der Waals surface area contributed by atoms with E-state index in [4.69, 9.17) is 9.84 Å². The first-order chi connectivity index (χ1) is 5.56. The fourth-order valence-corrected chi connectivity index (χ4v) is 0.450. The highest BCUT2D eigenvalue weighted by Gasteiger charge is 2.02. The van der Waals surface area contributed by atoms with Crippen LogP contribution in [0.1, 0.15) is 13.8 Å². The Morgan fingerprint density at radius 3 is 2.58 bits per heavy atom. The number of hydrogen-bond acceptors (Lipinski definition) is 4. The van der Waals surface area contributed by atoms with Gasteiger partial charge in [0.1, 0.15) is 6.08 Å². The summed E-state index contributed by atoms with van der Waals surface area (Å²) in [5.41, 5.74) is 0. The summed E-state index contributed by atoms with van der Waals surface area (Å²) in [6, 6.07) is 0. The minimum absolute atomic E-state index is 0.284. The van der Waals surface area contributed by atoms with Gasteiger partial charge in [0.05, 0.1) is 13.7 Å². The van der Waals surface area contributed by atoms with Crippen LogP contribution in [-0.2, 0) is 14.3 Å². The van der Waals surface area contributed by atoms with E-state index in [9.17, 15) is 4.79 Å². The van der Waals surface area contributed by atoms with Crippen LogP contribution in [0.15, 0.2) is 12.0 Å². The molecule has 0 saturated heterocycles. The number of rotatable bonds is 4. The fraction of sp³-hybridized carbons (Fsp3) is 0.625. The highest BCUT2D eigenvalue weighted by molar-refractivity contribution is 5.82. The molecule has 4 heteroatoms. The molecule has 0 aliphatic heterocycles. The van der Waals surface area contributed by atoms with Crippen molar-refractivity contribution in [1.29, 1.82) is 0 Å². The molecule has 12 heavy (non-hydrogen) atoms. The van der Waals surface area contributed by atoms with Crippen LogP contribution in [0.3, 0.4) is 0 Å². The van der Waals surface area contributed by atoms with Crippen LogP contribution in [0.25, 0.3) is 0 Å². The van der Waals surface area contributed by atoms with Gasteiger partial charge in [0.15, 0.2) is 0 Å². The summed E-state index contributed by atoms with van der Waals surface area (Å²) >= 11 is 0. The Hall–Kier alpha value is -1.19. The average Bonchev–Trinajstić information content (AvgIpc) is 2.00. The molecule has 0 bridgehead atoms. The van der Waals surface area contributed by atoms with Crippen molar-refractivity contribution in [2.75, 3.05) is 13.7 Å². The summed E-state index contributed by atoms with van der Waals surface area (Å²) < 4.78 is 9.06. The molecule has 0 spiro atoms. The summed E-state index contributed by atoms with van der Waals surface area (Å²) in [5.74, 6) is -0.751. The van der Waals surface area contributed by atoms with Crippen LogP contribution in [0.4, 0.5) is 0 Å². The normalized spacial score (nSPS) is 11.5. The highest BCUT2D eigenvalue weighted by Crippen LogP contribution is 1.95. The minimum Gasteiger partial charge on any atom is -0.481 e. The number of methoxy groups -OCH3 is 1. The van der Waals surface area contributed by atoms with E-state index >= 15 is 0 Å². The molecule has 0 fully saturated rings. The molecular weight excluding hydrogens is 160 g/mol. The number of carbonyl (C=O) groups excluding carboxylic acids is 1. The molecule has 0 rings (SSSR count). The molecule has 4 nitrogen and oxygen atoms in total. The van der Waals surface area contributed by atoms with Crippen molar-refractivity contribution >= 4 is 5.97 Å². The predicted octanol–water partition coefficient (Wildman–Crippen LogP) is 1.23. The summed E-state index contributed by atoms with van der Waals surface area (Å²) in [5, 5.41) is 8.73. The third-order valence-corrected chi connectivity index (χ3v) is 1.01. The molecule has 0 atom stereocenters. The van der Waals surface area contributed by atoms with Gasteiger partial charge in [0.25, 0.3) is 5.95 Å². The summed E-state index contributed by atoms with van der Waals surface area (Å²) in [7, 11) is 1.27. The van der Waals surface area contributed by atoms with Gasteiger partial charge in [-0.15, -0.1) is 0 Å². The molecule has 1 N–H and O–H groups in total. The molecule has 0 amide bonds. The highest BCUT2D eigenvalue weighted by atomic mass is 16.6. The maximum absolute atomic E-state index is 10.8. The molecule has 70 valence electrons. The fourth-order valence-electron chi connectivity index (χ4n) is 0.450. The van der Waals surface area contributed by atoms with Gasteiger partial charge in [-0.3, -0.25) is 0 Å². The van der Waals surface area contributed by atoms with Gasteiger partial charge in [-0.2, -0.15) is 0 Å². The van der Waals surface area contributed by atoms with Gasteiger partial charge in [0, 0.05) is 0 Å². The lowest BCUT2D eigenvalue weighted by molar-refractivity contribution is -0.139. The van der Waals surface area contributed by atoms with Crippen molar-refractivity contribution in [2.45, 2.75) is 13.8 Å². The molecule has 0 aromatic rings. The van der Waals surface area contributed by atoms with Crippen molar-refractivity contribution in [3.63, 3.8) is 0 Å². The Morgan fingerprint density at radius 1 is 1.58 bits per heavy atom. The van der Waals surface area contributed by atoms with Gasteiger partial charge in [0.2, 0.25) is 0 Å². The molecule has 0 radical (unpaired) electrons. The second-order valence-electron chi connectivity index (χ2n) is 2.71. The van der Waals surface area contributed by atoms with E-state index in [0.717, 1.165) is 6.08 Å². The molecule has 0 aromatic heterocycles. The maximum atomic E-state index is 10.8. The second kappa shape index (κ2) is 5.46. The minimum atomic E-state index is -0.594. The van der Waals surface area contributed by atoms with Crippen LogP contribution in [-0.4, -0.2) is 24.8 Å². The number of ether oxygens (including phenoxy) is 2. The third-order valence-electron chi connectivity index (χ3n) is 1.01. The molecule has 0 unspecified atom stereocenters. The van der Waals surface area contributed by atoms with Gasteiger partial charge in [-0.25, -0.2) is 4.79 Å². The maximum Gasteiger partial charge on any atom is 0.337 e. The standard InChI is InChI=1S/C8H14O4/c1-6(2)5-12-8(10)4-7(9)11-3/h4,6,9H,5H2,1-3H3/b7-4+. The molecule has 0 saturated carbocycles. The summed E-state index contributed by atoms with van der Waals surface area (Å²) in [6.07, 6.45) is 0.891. The number of carbonyl (C=O) groups is 1. The van der Waals surface area contributed by atoms with Gasteiger partial charge in [-0.05, 0) is 5.92 Å². The van der Waals surface area contributed by atoms with Crippen molar-refractivity contribution in [3.8, 4) is 0 Å². The predicted molar refractivity (Wildman–Crippen MR) is 43.5 cm³/mol. The Labute approximate surface area is 71.8 Å². The van der Waals surface area contributed by atoms with Crippen molar-refractivity contribution in [3.05, 3.63) is 12.0 Å². The van der Waals surface area contributed by atoms with E-state index < -0.39 is 11.9 Å². The Morgan fingerprint density at radius 2 is 2.17 bits per heavy atom. The number of esters is 1. The van der Waals surface area contributed by atoms with Gasteiger partial charge in [-0.1, -0.05) is 13.8 Å². The third kappa shape index (κ3) is 5.58. The van der Waals surface area contributed by atoms with Crippen LogP contribution < -0.4 is 0 Å². The number of hydrogen-bond donors (Lipinski definition) is 1. The Kier molecular flexibility index (Phi) is 4.92. The molecule has 0 heterocycles. The number of aliphatic hydroxyl groups is 1. The van der Waals surface area contributed by atoms with E-state index in [0.29, 0.717) is 6.61 Å². The first-order valence-electron chi connectivity index (χ1n) is 3.67. The van der Waals surface area contributed by atoms with Crippen LogP contribution in [0.2, 0.25) is 0 Å². The molecule has 0 aliphatic rings. The zero-order valence-electron chi connectivity index (χ0n) is 7.53. The first kappa shape index (κ1) is 10.8. The molecule has 0 aromatic carbocycles. The largest absolute Gasteiger partial charge is 0.481 e. The first-order valence-corrected chi connectivity index (χ1v) is 3.67. The molecule has 0 aliphatic carbocycles. The van der Waals surface area contributed by atoms with Crippen LogP contribution >= 0.6 is 0 Å². The molecular formula is C8H14O4. The Balaban J connectivity index is 3.74. The van der Waals surface area contributed by atoms with Gasteiger partial charge < -0.3 is 14.6 Å². The second-order valence-corrected chi connectivity index (χ2v) is 2.71. The van der Waals surface area contributed by atoms with E-state index in [-0.39, 0.29) is 5.92 Å².